The monoisotopic (exact) mass is 392 g/mol. The van der Waals surface area contributed by atoms with Crippen molar-refractivity contribution in [2.24, 2.45) is 0 Å². The zero-order valence-corrected chi connectivity index (χ0v) is 17.6. The van der Waals surface area contributed by atoms with E-state index in [9.17, 15) is 9.59 Å². The summed E-state index contributed by atoms with van der Waals surface area (Å²) >= 11 is 0. The third-order valence-electron chi connectivity index (χ3n) is 6.19. The molecule has 0 radical (unpaired) electrons. The quantitative estimate of drug-likeness (QED) is 0.771. The second kappa shape index (κ2) is 9.73. The summed E-state index contributed by atoms with van der Waals surface area (Å²) in [7, 11) is 0. The smallest absolute Gasteiger partial charge is 0.230 e. The van der Waals surface area contributed by atoms with Crippen LogP contribution in [-0.2, 0) is 21.4 Å². The van der Waals surface area contributed by atoms with Crippen molar-refractivity contribution in [1.82, 2.24) is 10.2 Å². The second-order valence-electron chi connectivity index (χ2n) is 8.10. The first-order chi connectivity index (χ1) is 14.0. The van der Waals surface area contributed by atoms with Crippen LogP contribution in [0.3, 0.4) is 0 Å². The topological polar surface area (TPSA) is 49.4 Å². The zero-order chi connectivity index (χ0) is 20.7. The predicted molar refractivity (Wildman–Crippen MR) is 117 cm³/mol. The van der Waals surface area contributed by atoms with Gasteiger partial charge in [-0.1, -0.05) is 67.6 Å². The van der Waals surface area contributed by atoms with E-state index in [4.69, 9.17) is 0 Å². The average Bonchev–Trinajstić information content (AvgIpc) is 2.78. The lowest BCUT2D eigenvalue weighted by Gasteiger charge is -2.41. The minimum Gasteiger partial charge on any atom is -0.353 e. The van der Waals surface area contributed by atoms with Crippen LogP contribution in [0.25, 0.3) is 0 Å². The molecule has 1 saturated heterocycles. The fourth-order valence-corrected chi connectivity index (χ4v) is 4.06. The van der Waals surface area contributed by atoms with Crippen LogP contribution in [0.1, 0.15) is 50.7 Å². The first-order valence-corrected chi connectivity index (χ1v) is 10.7. The van der Waals surface area contributed by atoms with Gasteiger partial charge in [0.1, 0.15) is 0 Å². The lowest BCUT2D eigenvalue weighted by Crippen LogP contribution is -2.54. The van der Waals surface area contributed by atoms with Gasteiger partial charge in [-0.25, -0.2) is 0 Å². The molecular weight excluding hydrogens is 360 g/mol. The van der Waals surface area contributed by atoms with Crippen molar-refractivity contribution < 1.29 is 9.59 Å². The van der Waals surface area contributed by atoms with E-state index in [0.29, 0.717) is 32.4 Å². The highest BCUT2D eigenvalue weighted by Crippen LogP contribution is 2.36. The Bertz CT molecular complexity index is 796. The molecule has 1 aliphatic heterocycles. The molecule has 4 heteroatoms. The molecule has 1 aliphatic rings. The van der Waals surface area contributed by atoms with Crippen LogP contribution in [0.15, 0.2) is 60.7 Å². The SMILES string of the molecule is CCC(C)NC(=O)C1(c2ccccc2)CCN(C(=O)CCc2ccccc2)CC1. The average molecular weight is 393 g/mol. The molecule has 0 bridgehead atoms. The number of nitrogens with one attached hydrogen (secondary N) is 1. The van der Waals surface area contributed by atoms with E-state index < -0.39 is 5.41 Å². The maximum atomic E-state index is 13.3. The van der Waals surface area contributed by atoms with E-state index >= 15 is 0 Å². The van der Waals surface area contributed by atoms with E-state index in [1.54, 1.807) is 0 Å². The van der Waals surface area contributed by atoms with Crippen molar-refractivity contribution in [3.8, 4) is 0 Å². The van der Waals surface area contributed by atoms with Crippen molar-refractivity contribution in [2.75, 3.05) is 13.1 Å². The van der Waals surface area contributed by atoms with Crippen LogP contribution in [-0.4, -0.2) is 35.8 Å². The normalized spacial score (nSPS) is 16.8. The van der Waals surface area contributed by atoms with Gasteiger partial charge >= 0.3 is 0 Å². The number of benzene rings is 2. The number of rotatable bonds is 7. The van der Waals surface area contributed by atoms with Crippen LogP contribution in [0.2, 0.25) is 0 Å². The molecule has 2 aromatic carbocycles. The van der Waals surface area contributed by atoms with E-state index in [2.05, 4.69) is 24.4 Å². The number of aryl methyl sites for hydroxylation is 1. The Kier molecular flexibility index (Phi) is 7.08. The fourth-order valence-electron chi connectivity index (χ4n) is 4.06. The van der Waals surface area contributed by atoms with Crippen molar-refractivity contribution in [1.29, 1.82) is 0 Å². The Labute approximate surface area is 174 Å². The molecule has 1 atom stereocenters. The lowest BCUT2D eigenvalue weighted by molar-refractivity contribution is -0.137. The predicted octanol–water partition coefficient (Wildman–Crippen LogP) is 4.09. The van der Waals surface area contributed by atoms with Crippen LogP contribution >= 0.6 is 0 Å². The number of carbonyl (C=O) groups excluding carboxylic acids is 2. The van der Waals surface area contributed by atoms with E-state index in [1.807, 2.05) is 60.4 Å². The Morgan fingerprint density at radius 2 is 1.59 bits per heavy atom. The highest BCUT2D eigenvalue weighted by Gasteiger charge is 2.43. The number of hydrogen-bond donors (Lipinski definition) is 1. The summed E-state index contributed by atoms with van der Waals surface area (Å²) < 4.78 is 0. The van der Waals surface area contributed by atoms with Crippen molar-refractivity contribution in [3.05, 3.63) is 71.8 Å². The zero-order valence-electron chi connectivity index (χ0n) is 17.6. The first kappa shape index (κ1) is 21.1. The third kappa shape index (κ3) is 5.06. The highest BCUT2D eigenvalue weighted by molar-refractivity contribution is 5.89. The molecule has 29 heavy (non-hydrogen) atoms. The number of amides is 2. The molecule has 1 heterocycles. The minimum absolute atomic E-state index is 0.0921. The maximum Gasteiger partial charge on any atom is 0.230 e. The van der Waals surface area contributed by atoms with Gasteiger partial charge in [0.15, 0.2) is 0 Å². The molecule has 0 aliphatic carbocycles. The van der Waals surface area contributed by atoms with Gasteiger partial charge in [0.25, 0.3) is 0 Å². The summed E-state index contributed by atoms with van der Waals surface area (Å²) in [4.78, 5) is 27.9. The molecule has 0 spiro atoms. The Balaban J connectivity index is 1.67. The van der Waals surface area contributed by atoms with Gasteiger partial charge in [-0.15, -0.1) is 0 Å². The number of piperidine rings is 1. The van der Waals surface area contributed by atoms with Crippen LogP contribution in [0, 0.1) is 0 Å². The van der Waals surface area contributed by atoms with E-state index in [-0.39, 0.29) is 17.9 Å². The molecule has 0 saturated carbocycles. The fraction of sp³-hybridized carbons (Fsp3) is 0.440. The maximum absolute atomic E-state index is 13.3. The standard InChI is InChI=1S/C25H32N2O2/c1-3-20(2)26-24(29)25(22-12-8-5-9-13-22)16-18-27(19-17-25)23(28)15-14-21-10-6-4-7-11-21/h4-13,20H,3,14-19H2,1-2H3,(H,26,29). The van der Waals surface area contributed by atoms with Gasteiger partial charge in [-0.05, 0) is 43.7 Å². The molecule has 1 N–H and O–H groups in total. The van der Waals surface area contributed by atoms with Crippen molar-refractivity contribution in [3.63, 3.8) is 0 Å². The van der Waals surface area contributed by atoms with Gasteiger partial charge in [0.2, 0.25) is 11.8 Å². The molecule has 2 aromatic rings. The first-order valence-electron chi connectivity index (χ1n) is 10.7. The molecule has 154 valence electrons. The summed E-state index contributed by atoms with van der Waals surface area (Å²) in [6, 6.07) is 20.3. The summed E-state index contributed by atoms with van der Waals surface area (Å²) in [5.74, 6) is 0.271. The Hall–Kier alpha value is -2.62. The third-order valence-corrected chi connectivity index (χ3v) is 6.19. The molecule has 1 unspecified atom stereocenters. The van der Waals surface area contributed by atoms with Gasteiger partial charge < -0.3 is 10.2 Å². The van der Waals surface area contributed by atoms with Gasteiger partial charge in [-0.2, -0.15) is 0 Å². The van der Waals surface area contributed by atoms with Crippen LogP contribution in [0.4, 0.5) is 0 Å². The molecule has 3 rings (SSSR count). The highest BCUT2D eigenvalue weighted by atomic mass is 16.2. The Morgan fingerprint density at radius 1 is 1.00 bits per heavy atom. The van der Waals surface area contributed by atoms with Crippen LogP contribution < -0.4 is 5.32 Å². The molecule has 1 fully saturated rings. The van der Waals surface area contributed by atoms with Gasteiger partial charge in [0, 0.05) is 25.6 Å². The molecule has 0 aromatic heterocycles. The lowest BCUT2D eigenvalue weighted by atomic mass is 9.71. The van der Waals surface area contributed by atoms with Crippen molar-refractivity contribution in [2.45, 2.75) is 57.4 Å². The molecule has 2 amide bonds. The summed E-state index contributed by atoms with van der Waals surface area (Å²) in [6.07, 6.45) is 3.50. The van der Waals surface area contributed by atoms with Gasteiger partial charge in [0.05, 0.1) is 5.41 Å². The number of likely N-dealkylation sites (tertiary alicyclic amines) is 1. The summed E-state index contributed by atoms with van der Waals surface area (Å²) in [5.41, 5.74) is 1.68. The summed E-state index contributed by atoms with van der Waals surface area (Å²) in [6.45, 7) is 5.36. The number of carbonyl (C=O) groups is 2. The number of hydrogen-bond acceptors (Lipinski definition) is 2. The van der Waals surface area contributed by atoms with Crippen molar-refractivity contribution >= 4 is 11.8 Å². The minimum atomic E-state index is -0.555. The van der Waals surface area contributed by atoms with E-state index in [0.717, 1.165) is 18.4 Å². The van der Waals surface area contributed by atoms with E-state index in [1.165, 1.54) is 5.56 Å². The van der Waals surface area contributed by atoms with Crippen LogP contribution in [0.5, 0.6) is 0 Å². The molecule has 4 nitrogen and oxygen atoms in total. The molecular formula is C25H32N2O2. The Morgan fingerprint density at radius 3 is 2.17 bits per heavy atom. The summed E-state index contributed by atoms with van der Waals surface area (Å²) in [5, 5.41) is 3.19. The second-order valence-corrected chi connectivity index (χ2v) is 8.10. The largest absolute Gasteiger partial charge is 0.353 e. The number of nitrogens with zero attached hydrogens (tertiary/aromatic N) is 1. The van der Waals surface area contributed by atoms with Gasteiger partial charge in [-0.3, -0.25) is 9.59 Å².